The SMILES string of the molecule is CC(C)N(CC(=O)N1CCC(=O)CC1)Cc1cccs1. The summed E-state index contributed by atoms with van der Waals surface area (Å²) in [5, 5.41) is 2.06. The summed E-state index contributed by atoms with van der Waals surface area (Å²) in [4.78, 5) is 28.8. The Hall–Kier alpha value is -1.20. The normalized spacial score (nSPS) is 16.2. The minimum Gasteiger partial charge on any atom is -0.341 e. The first kappa shape index (κ1) is 15.2. The average Bonchev–Trinajstić information content (AvgIpc) is 2.91. The van der Waals surface area contributed by atoms with Crippen LogP contribution in [0, 0.1) is 0 Å². The quantitative estimate of drug-likeness (QED) is 0.835. The molecule has 4 nitrogen and oxygen atoms in total. The van der Waals surface area contributed by atoms with Crippen LogP contribution < -0.4 is 0 Å². The van der Waals surface area contributed by atoms with Crippen molar-refractivity contribution in [1.82, 2.24) is 9.80 Å². The number of ketones is 1. The highest BCUT2D eigenvalue weighted by atomic mass is 32.1. The molecule has 110 valence electrons. The maximum absolute atomic E-state index is 12.3. The van der Waals surface area contributed by atoms with E-state index in [-0.39, 0.29) is 11.7 Å². The van der Waals surface area contributed by atoms with Gasteiger partial charge in [-0.15, -0.1) is 11.3 Å². The molecular formula is C15H22N2O2S. The molecule has 1 aliphatic rings. The lowest BCUT2D eigenvalue weighted by molar-refractivity contribution is -0.136. The number of likely N-dealkylation sites (tertiary alicyclic amines) is 1. The molecule has 1 amide bonds. The van der Waals surface area contributed by atoms with Gasteiger partial charge in [0.2, 0.25) is 5.91 Å². The zero-order chi connectivity index (χ0) is 14.5. The average molecular weight is 294 g/mol. The summed E-state index contributed by atoms with van der Waals surface area (Å²) in [5.74, 6) is 0.413. The van der Waals surface area contributed by atoms with Crippen LogP contribution in [-0.4, -0.2) is 47.2 Å². The van der Waals surface area contributed by atoms with E-state index >= 15 is 0 Å². The van der Waals surface area contributed by atoms with E-state index in [1.807, 2.05) is 11.0 Å². The van der Waals surface area contributed by atoms with E-state index < -0.39 is 0 Å². The summed E-state index contributed by atoms with van der Waals surface area (Å²) >= 11 is 1.72. The standard InChI is InChI=1S/C15H22N2O2S/c1-12(2)17(10-14-4-3-9-20-14)11-15(19)16-7-5-13(18)6-8-16/h3-4,9,12H,5-8,10-11H2,1-2H3. The van der Waals surface area contributed by atoms with Crippen LogP contribution in [0.4, 0.5) is 0 Å². The number of piperidine rings is 1. The van der Waals surface area contributed by atoms with Gasteiger partial charge < -0.3 is 4.90 Å². The fourth-order valence-corrected chi connectivity index (χ4v) is 3.03. The largest absolute Gasteiger partial charge is 0.341 e. The van der Waals surface area contributed by atoms with Crippen LogP contribution in [0.5, 0.6) is 0 Å². The molecule has 1 aromatic heterocycles. The predicted molar refractivity (Wildman–Crippen MR) is 80.7 cm³/mol. The van der Waals surface area contributed by atoms with Crippen LogP contribution in [-0.2, 0) is 16.1 Å². The monoisotopic (exact) mass is 294 g/mol. The maximum atomic E-state index is 12.3. The molecule has 2 rings (SSSR count). The number of amides is 1. The fourth-order valence-electron chi connectivity index (χ4n) is 2.30. The maximum Gasteiger partial charge on any atom is 0.236 e. The summed E-state index contributed by atoms with van der Waals surface area (Å²) in [7, 11) is 0. The Morgan fingerprint density at radius 2 is 2.10 bits per heavy atom. The number of hydrogen-bond donors (Lipinski definition) is 0. The van der Waals surface area contributed by atoms with E-state index in [1.54, 1.807) is 11.3 Å². The van der Waals surface area contributed by atoms with Crippen LogP contribution in [0.3, 0.4) is 0 Å². The Kier molecular flexibility index (Phi) is 5.31. The van der Waals surface area contributed by atoms with Gasteiger partial charge >= 0.3 is 0 Å². The lowest BCUT2D eigenvalue weighted by Crippen LogP contribution is -2.45. The number of thiophene rings is 1. The third-order valence-corrected chi connectivity index (χ3v) is 4.54. The summed E-state index contributed by atoms with van der Waals surface area (Å²) in [6.07, 6.45) is 1.02. The molecule has 1 fully saturated rings. The van der Waals surface area contributed by atoms with Crippen LogP contribution in [0.25, 0.3) is 0 Å². The Morgan fingerprint density at radius 3 is 2.65 bits per heavy atom. The molecular weight excluding hydrogens is 272 g/mol. The molecule has 0 unspecified atom stereocenters. The van der Waals surface area contributed by atoms with Crippen molar-refractivity contribution in [3.63, 3.8) is 0 Å². The van der Waals surface area contributed by atoms with Crippen molar-refractivity contribution >= 4 is 23.0 Å². The molecule has 0 atom stereocenters. The van der Waals surface area contributed by atoms with Crippen molar-refractivity contribution < 1.29 is 9.59 Å². The van der Waals surface area contributed by atoms with Gasteiger partial charge in [0.05, 0.1) is 6.54 Å². The summed E-state index contributed by atoms with van der Waals surface area (Å²) < 4.78 is 0. The van der Waals surface area contributed by atoms with Gasteiger partial charge in [-0.25, -0.2) is 0 Å². The number of Topliss-reactive ketones (excluding diaryl/α,β-unsaturated/α-hetero) is 1. The Morgan fingerprint density at radius 1 is 1.40 bits per heavy atom. The van der Waals surface area contributed by atoms with Crippen molar-refractivity contribution in [3.05, 3.63) is 22.4 Å². The number of rotatable bonds is 5. The molecule has 0 bridgehead atoms. The molecule has 5 heteroatoms. The van der Waals surface area contributed by atoms with Crippen molar-refractivity contribution in [1.29, 1.82) is 0 Å². The Bertz CT molecular complexity index is 446. The zero-order valence-corrected chi connectivity index (χ0v) is 13.0. The minimum atomic E-state index is 0.141. The van der Waals surface area contributed by atoms with E-state index in [2.05, 4.69) is 30.2 Å². The molecule has 0 aromatic carbocycles. The molecule has 1 aromatic rings. The van der Waals surface area contributed by atoms with E-state index in [0.717, 1.165) is 6.54 Å². The highest BCUT2D eigenvalue weighted by Gasteiger charge is 2.23. The number of nitrogens with zero attached hydrogens (tertiary/aromatic N) is 2. The fraction of sp³-hybridized carbons (Fsp3) is 0.600. The van der Waals surface area contributed by atoms with E-state index in [1.165, 1.54) is 4.88 Å². The number of carbonyl (C=O) groups excluding carboxylic acids is 2. The Labute approximate surface area is 124 Å². The van der Waals surface area contributed by atoms with E-state index in [4.69, 9.17) is 0 Å². The topological polar surface area (TPSA) is 40.6 Å². The summed E-state index contributed by atoms with van der Waals surface area (Å²) in [6, 6.07) is 4.47. The summed E-state index contributed by atoms with van der Waals surface area (Å²) in [6.45, 7) is 6.64. The van der Waals surface area contributed by atoms with E-state index in [9.17, 15) is 9.59 Å². The highest BCUT2D eigenvalue weighted by Crippen LogP contribution is 2.15. The van der Waals surface area contributed by atoms with Crippen LogP contribution in [0.15, 0.2) is 17.5 Å². The highest BCUT2D eigenvalue weighted by molar-refractivity contribution is 7.09. The smallest absolute Gasteiger partial charge is 0.236 e. The Balaban J connectivity index is 1.90. The molecule has 0 aliphatic carbocycles. The van der Waals surface area contributed by atoms with Gasteiger partial charge in [0.1, 0.15) is 5.78 Å². The molecule has 0 saturated carbocycles. The third kappa shape index (κ3) is 4.15. The van der Waals surface area contributed by atoms with Gasteiger partial charge in [-0.2, -0.15) is 0 Å². The second kappa shape index (κ2) is 6.99. The first-order chi connectivity index (χ1) is 9.56. The van der Waals surface area contributed by atoms with Crippen LogP contribution in [0.1, 0.15) is 31.6 Å². The first-order valence-corrected chi connectivity index (χ1v) is 8.00. The van der Waals surface area contributed by atoms with Gasteiger partial charge in [0, 0.05) is 43.4 Å². The predicted octanol–water partition coefficient (Wildman–Crippen LogP) is 2.15. The van der Waals surface area contributed by atoms with Crippen molar-refractivity contribution in [3.8, 4) is 0 Å². The molecule has 0 radical (unpaired) electrons. The first-order valence-electron chi connectivity index (χ1n) is 7.12. The molecule has 1 saturated heterocycles. The van der Waals surface area contributed by atoms with E-state index in [0.29, 0.717) is 38.5 Å². The van der Waals surface area contributed by atoms with Gasteiger partial charge in [0.25, 0.3) is 0 Å². The van der Waals surface area contributed by atoms with Gasteiger partial charge in [0.15, 0.2) is 0 Å². The molecule has 20 heavy (non-hydrogen) atoms. The molecule has 0 N–H and O–H groups in total. The number of hydrogen-bond acceptors (Lipinski definition) is 4. The molecule has 2 heterocycles. The van der Waals surface area contributed by atoms with Gasteiger partial charge in [-0.1, -0.05) is 6.07 Å². The minimum absolute atomic E-state index is 0.141. The second-order valence-corrected chi connectivity index (χ2v) is 6.53. The lowest BCUT2D eigenvalue weighted by Gasteiger charge is -2.31. The van der Waals surface area contributed by atoms with Crippen LogP contribution >= 0.6 is 11.3 Å². The third-order valence-electron chi connectivity index (χ3n) is 3.68. The van der Waals surface area contributed by atoms with Crippen LogP contribution in [0.2, 0.25) is 0 Å². The lowest BCUT2D eigenvalue weighted by atomic mass is 10.1. The zero-order valence-electron chi connectivity index (χ0n) is 12.2. The number of carbonyl (C=O) groups is 2. The molecule has 0 spiro atoms. The van der Waals surface area contributed by atoms with Crippen molar-refractivity contribution in [2.75, 3.05) is 19.6 Å². The molecule has 1 aliphatic heterocycles. The van der Waals surface area contributed by atoms with Crippen molar-refractivity contribution in [2.24, 2.45) is 0 Å². The van der Waals surface area contributed by atoms with Gasteiger partial charge in [-0.05, 0) is 25.3 Å². The summed E-state index contributed by atoms with van der Waals surface area (Å²) in [5.41, 5.74) is 0. The second-order valence-electron chi connectivity index (χ2n) is 5.50. The van der Waals surface area contributed by atoms with Gasteiger partial charge in [-0.3, -0.25) is 14.5 Å². The van der Waals surface area contributed by atoms with Crippen molar-refractivity contribution in [2.45, 2.75) is 39.3 Å².